The second kappa shape index (κ2) is 14.8. The van der Waals surface area contributed by atoms with Gasteiger partial charge in [0.2, 0.25) is 5.88 Å². The summed E-state index contributed by atoms with van der Waals surface area (Å²) in [5, 5.41) is 3.35. The van der Waals surface area contributed by atoms with Gasteiger partial charge in [0.25, 0.3) is 0 Å². The van der Waals surface area contributed by atoms with E-state index in [9.17, 15) is 0 Å². The minimum absolute atomic E-state index is 0.200. The molecular formula is C23H40N4O9. The van der Waals surface area contributed by atoms with Crippen molar-refractivity contribution in [3.63, 3.8) is 0 Å². The van der Waals surface area contributed by atoms with Gasteiger partial charge in [-0.1, -0.05) is 0 Å². The number of nitrogens with two attached hydrogens (primary N) is 1. The molecule has 1 aromatic rings. The van der Waals surface area contributed by atoms with E-state index >= 15 is 0 Å². The maximum Gasteiger partial charge on any atom is 0.321 e. The van der Waals surface area contributed by atoms with E-state index in [-0.39, 0.29) is 30.4 Å². The van der Waals surface area contributed by atoms with Gasteiger partial charge in [-0.3, -0.25) is 0 Å². The summed E-state index contributed by atoms with van der Waals surface area (Å²) < 4.78 is 50.9. The lowest BCUT2D eigenvalue weighted by Gasteiger charge is -2.37. The first kappa shape index (κ1) is 28.7. The highest BCUT2D eigenvalue weighted by Crippen LogP contribution is 2.36. The second-order valence-electron chi connectivity index (χ2n) is 8.67. The number of ether oxygens (including phenoxy) is 9. The minimum atomic E-state index is -0.749. The highest BCUT2D eigenvalue weighted by Gasteiger charge is 2.52. The smallest absolute Gasteiger partial charge is 0.321 e. The molecule has 2 saturated heterocycles. The molecule has 1 aromatic heterocycles. The van der Waals surface area contributed by atoms with Crippen LogP contribution in [0.1, 0.15) is 13.8 Å². The van der Waals surface area contributed by atoms with Crippen LogP contribution in [-0.2, 0) is 33.2 Å². The van der Waals surface area contributed by atoms with E-state index in [0.717, 1.165) is 0 Å². The van der Waals surface area contributed by atoms with Crippen molar-refractivity contribution in [2.24, 2.45) is 5.73 Å². The zero-order valence-corrected chi connectivity index (χ0v) is 21.6. The Hall–Kier alpha value is -1.84. The molecule has 3 N–H and O–H groups in total. The SMILES string of the molecule is COc1cc(N[C@@H]2CO[C@H](COCCOCCOCCOCCN)[C@@H]3OC(C)(C)O[C@@H]32)nc(OC)n1. The van der Waals surface area contributed by atoms with Crippen LogP contribution in [0.2, 0.25) is 0 Å². The highest BCUT2D eigenvalue weighted by molar-refractivity contribution is 5.41. The molecule has 0 unspecified atom stereocenters. The van der Waals surface area contributed by atoms with Crippen LogP contribution < -0.4 is 20.5 Å². The van der Waals surface area contributed by atoms with E-state index in [1.54, 1.807) is 6.07 Å². The van der Waals surface area contributed by atoms with Crippen molar-refractivity contribution >= 4 is 5.82 Å². The summed E-state index contributed by atoms with van der Waals surface area (Å²) in [4.78, 5) is 8.47. The Bertz CT molecular complexity index is 751. The molecule has 2 fully saturated rings. The second-order valence-corrected chi connectivity index (χ2v) is 8.67. The van der Waals surface area contributed by atoms with E-state index in [1.807, 2.05) is 13.8 Å². The molecule has 0 radical (unpaired) electrons. The molecule has 0 bridgehead atoms. The largest absolute Gasteiger partial charge is 0.481 e. The van der Waals surface area contributed by atoms with Gasteiger partial charge in [0.1, 0.15) is 24.1 Å². The van der Waals surface area contributed by atoms with Crippen molar-refractivity contribution in [3.05, 3.63) is 6.07 Å². The molecule has 2 aliphatic heterocycles. The normalized spacial score (nSPS) is 24.9. The van der Waals surface area contributed by atoms with Crippen molar-refractivity contribution in [3.8, 4) is 11.9 Å². The number of nitrogens with one attached hydrogen (secondary N) is 1. The van der Waals surface area contributed by atoms with Crippen LogP contribution in [-0.4, -0.2) is 120 Å². The monoisotopic (exact) mass is 516 g/mol. The zero-order chi connectivity index (χ0) is 25.8. The molecule has 3 rings (SSSR count). The topological polar surface area (TPSA) is 147 Å². The van der Waals surface area contributed by atoms with Gasteiger partial charge in [0, 0.05) is 12.6 Å². The maximum absolute atomic E-state index is 6.21. The summed E-state index contributed by atoms with van der Waals surface area (Å²) in [6.07, 6.45) is -0.856. The number of methoxy groups -OCH3 is 2. The number of anilines is 1. The van der Waals surface area contributed by atoms with E-state index in [1.165, 1.54) is 14.2 Å². The Balaban J connectivity index is 1.40. The predicted octanol–water partition coefficient (Wildman–Crippen LogP) is 0.218. The summed E-state index contributed by atoms with van der Waals surface area (Å²) in [6.45, 7) is 8.50. The van der Waals surface area contributed by atoms with Crippen molar-refractivity contribution in [2.45, 2.75) is 44.0 Å². The molecule has 13 nitrogen and oxygen atoms in total. The number of hydrogen-bond donors (Lipinski definition) is 2. The van der Waals surface area contributed by atoms with Gasteiger partial charge in [-0.05, 0) is 13.8 Å². The molecular weight excluding hydrogens is 476 g/mol. The molecule has 0 amide bonds. The third-order valence-electron chi connectivity index (χ3n) is 5.48. The van der Waals surface area contributed by atoms with Crippen molar-refractivity contribution in [1.29, 1.82) is 0 Å². The molecule has 2 aliphatic rings. The van der Waals surface area contributed by atoms with Crippen LogP contribution >= 0.6 is 0 Å². The first-order valence-corrected chi connectivity index (χ1v) is 12.2. The van der Waals surface area contributed by atoms with Crippen LogP contribution in [0.5, 0.6) is 11.9 Å². The maximum atomic E-state index is 6.21. The third-order valence-corrected chi connectivity index (χ3v) is 5.48. The average molecular weight is 517 g/mol. The molecule has 0 saturated carbocycles. The Morgan fingerprint density at radius 2 is 1.56 bits per heavy atom. The molecule has 0 aliphatic carbocycles. The van der Waals surface area contributed by atoms with Crippen LogP contribution in [0, 0.1) is 0 Å². The molecule has 3 heterocycles. The number of aromatic nitrogens is 2. The lowest BCUT2D eigenvalue weighted by molar-refractivity contribution is -0.160. The van der Waals surface area contributed by atoms with Crippen molar-refractivity contribution in [2.75, 3.05) is 85.5 Å². The Morgan fingerprint density at radius 1 is 0.917 bits per heavy atom. The van der Waals surface area contributed by atoms with Gasteiger partial charge < -0.3 is 53.7 Å². The first-order chi connectivity index (χ1) is 17.5. The number of nitrogens with zero attached hydrogens (tertiary/aromatic N) is 2. The predicted molar refractivity (Wildman–Crippen MR) is 128 cm³/mol. The molecule has 0 spiro atoms. The van der Waals surface area contributed by atoms with Crippen LogP contribution in [0.4, 0.5) is 5.82 Å². The summed E-state index contributed by atoms with van der Waals surface area (Å²) in [6, 6.07) is 1.68. The lowest BCUT2D eigenvalue weighted by Crippen LogP contribution is -2.55. The van der Waals surface area contributed by atoms with Gasteiger partial charge in [-0.25, -0.2) is 0 Å². The van der Waals surface area contributed by atoms with Gasteiger partial charge in [-0.2, -0.15) is 9.97 Å². The van der Waals surface area contributed by atoms with E-state index < -0.39 is 5.79 Å². The minimum Gasteiger partial charge on any atom is -0.481 e. The molecule has 0 aromatic carbocycles. The van der Waals surface area contributed by atoms with Crippen molar-refractivity contribution in [1.82, 2.24) is 9.97 Å². The standard InChI is InChI=1S/C23H40N4O9/c1-23(2)35-20-16(25-18-13-19(28-3)27-22(26-18)29-4)14-34-17(21(20)36-23)15-33-12-11-32-10-9-31-8-7-30-6-5-24/h13,16-17,20-21H,5-12,14-15,24H2,1-4H3,(H,25,26,27)/t16-,17-,20-,21+/m1/s1. The Morgan fingerprint density at radius 3 is 2.19 bits per heavy atom. The van der Waals surface area contributed by atoms with E-state index in [0.29, 0.717) is 77.7 Å². The third kappa shape index (κ3) is 8.92. The van der Waals surface area contributed by atoms with Gasteiger partial charge in [0.15, 0.2) is 5.79 Å². The Labute approximate surface area is 212 Å². The molecule has 206 valence electrons. The average Bonchev–Trinajstić information content (AvgIpc) is 3.21. The Kier molecular flexibility index (Phi) is 11.8. The van der Waals surface area contributed by atoms with E-state index in [2.05, 4.69) is 15.3 Å². The fourth-order valence-corrected chi connectivity index (χ4v) is 3.91. The molecule has 36 heavy (non-hydrogen) atoms. The molecule has 4 atom stereocenters. The van der Waals surface area contributed by atoms with Gasteiger partial charge in [-0.15, -0.1) is 0 Å². The lowest BCUT2D eigenvalue weighted by atomic mass is 9.98. The fourth-order valence-electron chi connectivity index (χ4n) is 3.91. The number of rotatable bonds is 17. The van der Waals surface area contributed by atoms with Gasteiger partial charge >= 0.3 is 6.01 Å². The fraction of sp³-hybridized carbons (Fsp3) is 0.826. The molecule has 13 heteroatoms. The van der Waals surface area contributed by atoms with Gasteiger partial charge in [0.05, 0.1) is 79.7 Å². The zero-order valence-electron chi connectivity index (χ0n) is 21.6. The van der Waals surface area contributed by atoms with Crippen LogP contribution in [0.3, 0.4) is 0 Å². The highest BCUT2D eigenvalue weighted by atomic mass is 16.8. The number of hydrogen-bond acceptors (Lipinski definition) is 13. The summed E-state index contributed by atoms with van der Waals surface area (Å²) >= 11 is 0. The van der Waals surface area contributed by atoms with Crippen LogP contribution in [0.15, 0.2) is 6.07 Å². The van der Waals surface area contributed by atoms with E-state index in [4.69, 9.17) is 48.4 Å². The van der Waals surface area contributed by atoms with Crippen molar-refractivity contribution < 1.29 is 42.6 Å². The summed E-state index contributed by atoms with van der Waals surface area (Å²) in [5.41, 5.74) is 5.35. The summed E-state index contributed by atoms with van der Waals surface area (Å²) in [5.74, 6) is 0.178. The summed E-state index contributed by atoms with van der Waals surface area (Å²) in [7, 11) is 3.03. The number of fused-ring (bicyclic) bond motifs is 1. The van der Waals surface area contributed by atoms with Crippen LogP contribution in [0.25, 0.3) is 0 Å². The first-order valence-electron chi connectivity index (χ1n) is 12.2. The quantitative estimate of drug-likeness (QED) is 0.272.